The quantitative estimate of drug-likeness (QED) is 0.155. The molecule has 1 aliphatic heterocycles. The molecule has 4 aromatic rings. The van der Waals surface area contributed by atoms with E-state index in [-0.39, 0.29) is 23.1 Å². The predicted octanol–water partition coefficient (Wildman–Crippen LogP) is 2.40. The number of alkyl halides is 3. The second-order valence-electron chi connectivity index (χ2n) is 9.87. The lowest BCUT2D eigenvalue weighted by Gasteiger charge is -2.13. The zero-order chi connectivity index (χ0) is 29.9. The minimum Gasteiger partial charge on any atom is -0.392 e. The zero-order valence-electron chi connectivity index (χ0n) is 22.6. The van der Waals surface area contributed by atoms with Crippen molar-refractivity contribution in [3.05, 3.63) is 59.8 Å². The maximum Gasteiger partial charge on any atom is 0.433 e. The van der Waals surface area contributed by atoms with Crippen LogP contribution in [-0.4, -0.2) is 73.3 Å². The van der Waals surface area contributed by atoms with Gasteiger partial charge in [-0.05, 0) is 43.0 Å². The minimum absolute atomic E-state index is 0.135. The Kier molecular flexibility index (Phi) is 8.40. The van der Waals surface area contributed by atoms with Gasteiger partial charge in [-0.25, -0.2) is 9.97 Å². The first-order chi connectivity index (χ1) is 20.2. The molecular formula is C27H30F3N9O3. The van der Waals surface area contributed by atoms with Gasteiger partial charge >= 0.3 is 6.18 Å². The second kappa shape index (κ2) is 12.2. The number of aliphatic hydroxyl groups excluding tert-OH is 1. The molecule has 0 saturated carbocycles. The van der Waals surface area contributed by atoms with E-state index >= 15 is 0 Å². The standard InChI is InChI=1S/C27H30F3N9O3/c1-2-15-10-16(4-5-18(15)25(41)32-6-3-7-33-26(42)20-11-17(40)12-34-20)37-23-24-35-14-21(39(24)9-8-31-23)19-13-36-38-22(19)27(28,29)30/h4-5,8-10,13-14,17,20,34,40H,2-3,6-7,11-12H2,1H3,(H,31,37)(H,32,41)(H,33,42)(H,36,38). The first-order valence-corrected chi connectivity index (χ1v) is 13.5. The number of hydrogen-bond acceptors (Lipinski definition) is 8. The van der Waals surface area contributed by atoms with Crippen LogP contribution in [0.3, 0.4) is 0 Å². The highest BCUT2D eigenvalue weighted by Gasteiger charge is 2.36. The summed E-state index contributed by atoms with van der Waals surface area (Å²) < 4.78 is 41.8. The van der Waals surface area contributed by atoms with Crippen molar-refractivity contribution in [2.24, 2.45) is 0 Å². The lowest BCUT2D eigenvalue weighted by molar-refractivity contribution is -0.140. The van der Waals surface area contributed by atoms with Crippen LogP contribution in [0.2, 0.25) is 0 Å². The van der Waals surface area contributed by atoms with Gasteiger partial charge in [0.25, 0.3) is 5.91 Å². The number of anilines is 2. The average Bonchev–Trinajstić information content (AvgIpc) is 3.72. The van der Waals surface area contributed by atoms with Crippen LogP contribution in [0.4, 0.5) is 24.7 Å². The van der Waals surface area contributed by atoms with Gasteiger partial charge in [-0.2, -0.15) is 18.3 Å². The van der Waals surface area contributed by atoms with Crippen molar-refractivity contribution in [2.75, 3.05) is 25.0 Å². The lowest BCUT2D eigenvalue weighted by Crippen LogP contribution is -2.41. The molecule has 15 heteroatoms. The van der Waals surface area contributed by atoms with E-state index < -0.39 is 24.0 Å². The number of carbonyl (C=O) groups excluding carboxylic acids is 2. The highest BCUT2D eigenvalue weighted by atomic mass is 19.4. The minimum atomic E-state index is -4.61. The van der Waals surface area contributed by atoms with E-state index in [0.717, 1.165) is 11.8 Å². The zero-order valence-corrected chi connectivity index (χ0v) is 22.6. The largest absolute Gasteiger partial charge is 0.433 e. The number of nitrogens with one attached hydrogen (secondary N) is 5. The Morgan fingerprint density at radius 3 is 2.71 bits per heavy atom. The van der Waals surface area contributed by atoms with E-state index in [0.29, 0.717) is 61.6 Å². The molecule has 6 N–H and O–H groups in total. The number of carbonyl (C=O) groups is 2. The van der Waals surface area contributed by atoms with E-state index in [9.17, 15) is 27.9 Å². The van der Waals surface area contributed by atoms with E-state index in [4.69, 9.17) is 0 Å². The van der Waals surface area contributed by atoms with Crippen LogP contribution in [0.25, 0.3) is 16.9 Å². The number of amides is 2. The Hall–Kier alpha value is -4.50. The summed E-state index contributed by atoms with van der Waals surface area (Å²) in [7, 11) is 0. The van der Waals surface area contributed by atoms with Gasteiger partial charge in [0.15, 0.2) is 11.5 Å². The summed E-state index contributed by atoms with van der Waals surface area (Å²) in [6.45, 7) is 3.08. The first-order valence-electron chi connectivity index (χ1n) is 13.5. The van der Waals surface area contributed by atoms with E-state index in [1.807, 2.05) is 18.1 Å². The molecule has 2 unspecified atom stereocenters. The van der Waals surface area contributed by atoms with Crippen molar-refractivity contribution < 1.29 is 27.9 Å². The number of aliphatic hydroxyl groups is 1. The fraction of sp³-hybridized carbons (Fsp3) is 0.370. The second-order valence-corrected chi connectivity index (χ2v) is 9.87. The molecule has 0 bridgehead atoms. The highest BCUT2D eigenvalue weighted by Crippen LogP contribution is 2.36. The van der Waals surface area contributed by atoms with Gasteiger partial charge in [0.05, 0.1) is 35.8 Å². The van der Waals surface area contributed by atoms with E-state index in [1.165, 1.54) is 23.0 Å². The third kappa shape index (κ3) is 6.21. The summed E-state index contributed by atoms with van der Waals surface area (Å²) in [5.74, 6) is -0.0908. The first kappa shape index (κ1) is 29.0. The molecule has 222 valence electrons. The molecule has 1 saturated heterocycles. The number of nitrogens with zero attached hydrogens (tertiary/aromatic N) is 4. The number of benzene rings is 1. The highest BCUT2D eigenvalue weighted by molar-refractivity contribution is 5.96. The number of aryl methyl sites for hydroxylation is 1. The summed E-state index contributed by atoms with van der Waals surface area (Å²) >= 11 is 0. The summed E-state index contributed by atoms with van der Waals surface area (Å²) in [5.41, 5.74) is 1.32. The van der Waals surface area contributed by atoms with Crippen molar-refractivity contribution in [3.63, 3.8) is 0 Å². The van der Waals surface area contributed by atoms with E-state index in [2.05, 4.69) is 36.3 Å². The van der Waals surface area contributed by atoms with Gasteiger partial charge in [0.1, 0.15) is 5.69 Å². The summed E-state index contributed by atoms with van der Waals surface area (Å²) in [6.07, 6.45) is 1.77. The Morgan fingerprint density at radius 1 is 1.17 bits per heavy atom. The lowest BCUT2D eigenvalue weighted by atomic mass is 10.0. The van der Waals surface area contributed by atoms with Crippen LogP contribution < -0.4 is 21.3 Å². The van der Waals surface area contributed by atoms with Crippen molar-refractivity contribution in [2.45, 2.75) is 44.5 Å². The maximum absolute atomic E-state index is 13.4. The van der Waals surface area contributed by atoms with Crippen LogP contribution in [0.15, 0.2) is 43.0 Å². The van der Waals surface area contributed by atoms with Crippen LogP contribution in [-0.2, 0) is 17.4 Å². The number of hydrogen-bond donors (Lipinski definition) is 6. The molecule has 12 nitrogen and oxygen atoms in total. The van der Waals surface area contributed by atoms with Crippen LogP contribution in [0.1, 0.15) is 41.4 Å². The van der Waals surface area contributed by atoms with Crippen molar-refractivity contribution in [3.8, 4) is 11.3 Å². The van der Waals surface area contributed by atoms with Gasteiger partial charge in [-0.1, -0.05) is 6.92 Å². The number of fused-ring (bicyclic) bond motifs is 1. The number of rotatable bonds is 10. The number of aromatic amines is 1. The molecule has 2 atom stereocenters. The summed E-state index contributed by atoms with van der Waals surface area (Å²) in [4.78, 5) is 33.6. The molecule has 1 aliphatic rings. The van der Waals surface area contributed by atoms with E-state index in [1.54, 1.807) is 12.1 Å². The average molecular weight is 586 g/mol. The van der Waals surface area contributed by atoms with Gasteiger partial charge in [-0.3, -0.25) is 19.1 Å². The normalized spacial score (nSPS) is 17.0. The molecule has 4 heterocycles. The molecule has 0 radical (unpaired) electrons. The van der Waals surface area contributed by atoms with Crippen molar-refractivity contribution >= 4 is 29.0 Å². The van der Waals surface area contributed by atoms with Crippen molar-refractivity contribution in [1.82, 2.24) is 40.5 Å². The third-order valence-electron chi connectivity index (χ3n) is 6.98. The van der Waals surface area contributed by atoms with Gasteiger partial charge in [-0.15, -0.1) is 0 Å². The number of imidazole rings is 1. The molecule has 3 aromatic heterocycles. The Labute approximate surface area is 238 Å². The van der Waals surface area contributed by atoms with Crippen LogP contribution in [0.5, 0.6) is 0 Å². The van der Waals surface area contributed by atoms with Gasteiger partial charge < -0.3 is 26.4 Å². The van der Waals surface area contributed by atoms with Crippen molar-refractivity contribution in [1.29, 1.82) is 0 Å². The Bertz CT molecular complexity index is 1580. The molecule has 42 heavy (non-hydrogen) atoms. The number of halogens is 3. The van der Waals surface area contributed by atoms with Crippen LogP contribution >= 0.6 is 0 Å². The van der Waals surface area contributed by atoms with Crippen LogP contribution in [0, 0.1) is 0 Å². The number of H-pyrrole nitrogens is 1. The molecule has 0 aliphatic carbocycles. The fourth-order valence-corrected chi connectivity index (χ4v) is 4.86. The number of β-amino-alcohol motifs (C(OH)–C–C–N with tert-alkyl or cyclic N) is 1. The molecular weight excluding hydrogens is 555 g/mol. The Balaban J connectivity index is 1.22. The fourth-order valence-electron chi connectivity index (χ4n) is 4.86. The summed E-state index contributed by atoms with van der Waals surface area (Å²) in [6, 6.07) is 4.81. The number of aromatic nitrogens is 5. The van der Waals surface area contributed by atoms with Gasteiger partial charge in [0.2, 0.25) is 5.91 Å². The molecule has 1 fully saturated rings. The summed E-state index contributed by atoms with van der Waals surface area (Å²) in [5, 5.41) is 26.9. The molecule has 2 amide bonds. The topological polar surface area (TPSA) is 161 Å². The maximum atomic E-state index is 13.4. The molecule has 0 spiro atoms. The molecule has 1 aromatic carbocycles. The Morgan fingerprint density at radius 2 is 1.98 bits per heavy atom. The smallest absolute Gasteiger partial charge is 0.392 e. The monoisotopic (exact) mass is 585 g/mol. The SMILES string of the molecule is CCc1cc(Nc2nccn3c(-c4cn[nH]c4C(F)(F)F)cnc23)ccc1C(=O)NCCCNC(=O)C1CC(O)CN1. The molecule has 5 rings (SSSR count). The van der Waals surface area contributed by atoms with Gasteiger partial charge in [0, 0.05) is 43.3 Å². The third-order valence-corrected chi connectivity index (χ3v) is 6.98. The predicted molar refractivity (Wildman–Crippen MR) is 147 cm³/mol.